The number of hydrogen-bond acceptors (Lipinski definition) is 3. The van der Waals surface area contributed by atoms with Crippen LogP contribution in [0.5, 0.6) is 5.75 Å². The van der Waals surface area contributed by atoms with E-state index in [9.17, 15) is 4.79 Å². The van der Waals surface area contributed by atoms with Gasteiger partial charge in [0.2, 0.25) is 5.91 Å². The molecule has 1 aromatic carbocycles. The quantitative estimate of drug-likeness (QED) is 0.764. The second-order valence-corrected chi connectivity index (χ2v) is 6.32. The van der Waals surface area contributed by atoms with Gasteiger partial charge in [-0.3, -0.25) is 4.79 Å². The highest BCUT2D eigenvalue weighted by Crippen LogP contribution is 2.24. The normalized spacial score (nSPS) is 15.7. The molecule has 1 amide bonds. The van der Waals surface area contributed by atoms with E-state index >= 15 is 0 Å². The third-order valence-electron chi connectivity index (χ3n) is 4.19. The molecule has 3 N–H and O–H groups in total. The van der Waals surface area contributed by atoms with Crippen LogP contribution in [0.3, 0.4) is 0 Å². The summed E-state index contributed by atoms with van der Waals surface area (Å²) in [4.78, 5) is 11.8. The predicted molar refractivity (Wildman–Crippen MR) is 96.1 cm³/mol. The van der Waals surface area contributed by atoms with Gasteiger partial charge in [-0.05, 0) is 62.3 Å². The molecule has 0 aliphatic heterocycles. The second kappa shape index (κ2) is 10.5. The number of amides is 1. The van der Waals surface area contributed by atoms with Crippen molar-refractivity contribution in [1.82, 2.24) is 5.32 Å². The van der Waals surface area contributed by atoms with E-state index in [4.69, 9.17) is 10.5 Å². The lowest BCUT2D eigenvalue weighted by Gasteiger charge is -2.14. The minimum Gasteiger partial charge on any atom is -0.490 e. The molecular formula is C18H29ClN2O2. The summed E-state index contributed by atoms with van der Waals surface area (Å²) in [5.74, 6) is 1.34. The number of benzene rings is 1. The summed E-state index contributed by atoms with van der Waals surface area (Å²) in [6.45, 7) is 3.28. The Morgan fingerprint density at radius 3 is 2.83 bits per heavy atom. The molecule has 0 saturated heterocycles. The third-order valence-corrected chi connectivity index (χ3v) is 4.19. The summed E-state index contributed by atoms with van der Waals surface area (Å²) in [6.07, 6.45) is 6.47. The molecule has 1 unspecified atom stereocenters. The Balaban J connectivity index is 0.00000264. The van der Waals surface area contributed by atoms with E-state index in [1.54, 1.807) is 0 Å². The predicted octanol–water partition coefficient (Wildman–Crippen LogP) is 3.07. The molecule has 1 aromatic rings. The van der Waals surface area contributed by atoms with Gasteiger partial charge in [-0.2, -0.15) is 0 Å². The standard InChI is InChI=1S/C18H28N2O2.ClH/c1-14(12-19)13-20-18(21)10-9-15-5-4-8-17(11-15)22-16-6-2-3-7-16;/h4-5,8,11,14,16H,2-3,6-7,9-10,12-13,19H2,1H3,(H,20,21);1H. The Morgan fingerprint density at radius 2 is 2.13 bits per heavy atom. The van der Waals surface area contributed by atoms with Crippen molar-refractivity contribution in [3.8, 4) is 5.75 Å². The van der Waals surface area contributed by atoms with Crippen LogP contribution in [0.15, 0.2) is 24.3 Å². The van der Waals surface area contributed by atoms with Crippen molar-refractivity contribution in [2.24, 2.45) is 11.7 Å². The van der Waals surface area contributed by atoms with Crippen LogP contribution >= 0.6 is 12.4 Å². The number of carbonyl (C=O) groups excluding carboxylic acids is 1. The van der Waals surface area contributed by atoms with E-state index in [2.05, 4.69) is 17.4 Å². The van der Waals surface area contributed by atoms with Crippen LogP contribution in [0.25, 0.3) is 0 Å². The Labute approximate surface area is 145 Å². The Bertz CT molecular complexity index is 476. The zero-order valence-corrected chi connectivity index (χ0v) is 14.7. The number of rotatable bonds is 8. The van der Waals surface area contributed by atoms with E-state index in [-0.39, 0.29) is 18.3 Å². The average Bonchev–Trinajstić information content (AvgIpc) is 3.04. The maximum absolute atomic E-state index is 11.8. The zero-order chi connectivity index (χ0) is 15.8. The fourth-order valence-corrected chi connectivity index (χ4v) is 2.69. The number of nitrogens with two attached hydrogens (primary N) is 1. The maximum Gasteiger partial charge on any atom is 0.220 e. The Hall–Kier alpha value is -1.26. The molecule has 0 bridgehead atoms. The molecule has 5 heteroatoms. The van der Waals surface area contributed by atoms with E-state index in [0.29, 0.717) is 31.5 Å². The number of halogens is 1. The van der Waals surface area contributed by atoms with Crippen LogP contribution in [0, 0.1) is 5.92 Å². The summed E-state index contributed by atoms with van der Waals surface area (Å²) in [7, 11) is 0. The van der Waals surface area contributed by atoms with Crippen molar-refractivity contribution in [2.75, 3.05) is 13.1 Å². The highest BCUT2D eigenvalue weighted by Gasteiger charge is 2.16. The molecule has 1 saturated carbocycles. The highest BCUT2D eigenvalue weighted by atomic mass is 35.5. The van der Waals surface area contributed by atoms with E-state index in [0.717, 1.165) is 30.6 Å². The van der Waals surface area contributed by atoms with Gasteiger partial charge in [0, 0.05) is 13.0 Å². The van der Waals surface area contributed by atoms with E-state index in [1.807, 2.05) is 19.1 Å². The average molecular weight is 341 g/mol. The van der Waals surface area contributed by atoms with Crippen LogP contribution < -0.4 is 15.8 Å². The molecule has 1 atom stereocenters. The highest BCUT2D eigenvalue weighted by molar-refractivity contribution is 5.85. The zero-order valence-electron chi connectivity index (χ0n) is 13.9. The van der Waals surface area contributed by atoms with E-state index < -0.39 is 0 Å². The van der Waals surface area contributed by atoms with Crippen molar-refractivity contribution >= 4 is 18.3 Å². The fourth-order valence-electron chi connectivity index (χ4n) is 2.69. The van der Waals surface area contributed by atoms with Crippen molar-refractivity contribution in [2.45, 2.75) is 51.6 Å². The summed E-state index contributed by atoms with van der Waals surface area (Å²) >= 11 is 0. The van der Waals surface area contributed by atoms with Crippen molar-refractivity contribution < 1.29 is 9.53 Å². The number of ether oxygens (including phenoxy) is 1. The van der Waals surface area contributed by atoms with Gasteiger partial charge in [-0.1, -0.05) is 19.1 Å². The molecule has 0 radical (unpaired) electrons. The van der Waals surface area contributed by atoms with Crippen molar-refractivity contribution in [3.63, 3.8) is 0 Å². The van der Waals surface area contributed by atoms with Crippen LogP contribution in [-0.4, -0.2) is 25.1 Å². The van der Waals surface area contributed by atoms with Gasteiger partial charge in [0.15, 0.2) is 0 Å². The Kier molecular flexibility index (Phi) is 9.03. The molecule has 23 heavy (non-hydrogen) atoms. The van der Waals surface area contributed by atoms with Crippen LogP contribution in [0.2, 0.25) is 0 Å². The molecule has 0 aromatic heterocycles. The lowest BCUT2D eigenvalue weighted by Crippen LogP contribution is -2.31. The topological polar surface area (TPSA) is 64.3 Å². The van der Waals surface area contributed by atoms with Gasteiger partial charge in [0.05, 0.1) is 6.10 Å². The number of hydrogen-bond donors (Lipinski definition) is 2. The minimum atomic E-state index is 0. The van der Waals surface area contributed by atoms with Crippen molar-refractivity contribution in [1.29, 1.82) is 0 Å². The summed E-state index contributed by atoms with van der Waals surface area (Å²) in [6, 6.07) is 8.13. The monoisotopic (exact) mass is 340 g/mol. The molecule has 1 aliphatic carbocycles. The molecule has 130 valence electrons. The second-order valence-electron chi connectivity index (χ2n) is 6.32. The van der Waals surface area contributed by atoms with Crippen LogP contribution in [0.1, 0.15) is 44.6 Å². The number of carbonyl (C=O) groups is 1. The third kappa shape index (κ3) is 7.23. The molecule has 4 nitrogen and oxygen atoms in total. The van der Waals surface area contributed by atoms with E-state index in [1.165, 1.54) is 12.8 Å². The molecule has 1 fully saturated rings. The SMILES string of the molecule is CC(CN)CNC(=O)CCc1cccc(OC2CCCC2)c1.Cl. The first kappa shape index (κ1) is 19.8. The van der Waals surface area contributed by atoms with Crippen molar-refractivity contribution in [3.05, 3.63) is 29.8 Å². The molecule has 0 heterocycles. The first-order valence-corrected chi connectivity index (χ1v) is 8.39. The first-order valence-electron chi connectivity index (χ1n) is 8.39. The van der Waals surface area contributed by atoms with Gasteiger partial charge in [-0.25, -0.2) is 0 Å². The molecule has 2 rings (SSSR count). The summed E-state index contributed by atoms with van der Waals surface area (Å²) < 4.78 is 6.00. The van der Waals surface area contributed by atoms with Gasteiger partial charge in [-0.15, -0.1) is 12.4 Å². The minimum absolute atomic E-state index is 0. The van der Waals surface area contributed by atoms with Gasteiger partial charge in [0.1, 0.15) is 5.75 Å². The lowest BCUT2D eigenvalue weighted by atomic mass is 10.1. The fraction of sp³-hybridized carbons (Fsp3) is 0.611. The number of aryl methyl sites for hydroxylation is 1. The van der Waals surface area contributed by atoms with Crippen LogP contribution in [0.4, 0.5) is 0 Å². The van der Waals surface area contributed by atoms with Gasteiger partial charge < -0.3 is 15.8 Å². The maximum atomic E-state index is 11.8. The molecule has 0 spiro atoms. The first-order chi connectivity index (χ1) is 10.7. The molecular weight excluding hydrogens is 312 g/mol. The summed E-state index contributed by atoms with van der Waals surface area (Å²) in [5, 5.41) is 2.93. The number of nitrogens with one attached hydrogen (secondary N) is 1. The molecule has 1 aliphatic rings. The summed E-state index contributed by atoms with van der Waals surface area (Å²) in [5.41, 5.74) is 6.69. The lowest BCUT2D eigenvalue weighted by molar-refractivity contribution is -0.121. The van der Waals surface area contributed by atoms with Crippen LogP contribution in [-0.2, 0) is 11.2 Å². The smallest absolute Gasteiger partial charge is 0.220 e. The largest absolute Gasteiger partial charge is 0.490 e. The van der Waals surface area contributed by atoms with Gasteiger partial charge in [0.25, 0.3) is 0 Å². The Morgan fingerprint density at radius 1 is 1.39 bits per heavy atom. The van der Waals surface area contributed by atoms with Gasteiger partial charge >= 0.3 is 0 Å².